The second-order valence-corrected chi connectivity index (χ2v) is 8.06. The number of amides is 1. The number of aryl methyl sites for hydroxylation is 1. The van der Waals surface area contributed by atoms with Crippen molar-refractivity contribution in [3.05, 3.63) is 90.3 Å². The van der Waals surface area contributed by atoms with Crippen LogP contribution in [0, 0.1) is 0 Å². The van der Waals surface area contributed by atoms with E-state index in [0.29, 0.717) is 23.5 Å². The Morgan fingerprint density at radius 2 is 1.94 bits per heavy atom. The quantitative estimate of drug-likeness (QED) is 0.389. The zero-order valence-electron chi connectivity index (χ0n) is 19.6. The molecule has 1 amide bonds. The van der Waals surface area contributed by atoms with Gasteiger partial charge in [-0.2, -0.15) is 0 Å². The summed E-state index contributed by atoms with van der Waals surface area (Å²) in [5.41, 5.74) is 4.94. The number of nitrogens with one attached hydrogen (secondary N) is 1. The number of ether oxygens (including phenoxy) is 2. The third-order valence-electron chi connectivity index (χ3n) is 5.63. The summed E-state index contributed by atoms with van der Waals surface area (Å²) >= 11 is 0. The molecule has 0 radical (unpaired) electrons. The Balaban J connectivity index is 1.70. The highest BCUT2D eigenvalue weighted by molar-refractivity contribution is 5.95. The largest absolute Gasteiger partial charge is 0.493 e. The van der Waals surface area contributed by atoms with Crippen LogP contribution >= 0.6 is 0 Å². The van der Waals surface area contributed by atoms with Crippen LogP contribution in [-0.2, 0) is 12.8 Å². The maximum absolute atomic E-state index is 12.9. The molecule has 0 saturated carbocycles. The Kier molecular flexibility index (Phi) is 8.64. The van der Waals surface area contributed by atoms with E-state index in [9.17, 15) is 4.79 Å². The number of hydrogen-bond donors (Lipinski definition) is 1. The van der Waals surface area contributed by atoms with Gasteiger partial charge in [-0.15, -0.1) is 6.58 Å². The first kappa shape index (κ1) is 24.1. The number of benzene rings is 2. The maximum atomic E-state index is 12.9. The van der Waals surface area contributed by atoms with Gasteiger partial charge in [0.15, 0.2) is 11.5 Å². The fourth-order valence-electron chi connectivity index (χ4n) is 3.88. The van der Waals surface area contributed by atoms with Crippen LogP contribution in [0.5, 0.6) is 11.5 Å². The molecular formula is C28H32N2O3. The Morgan fingerprint density at radius 1 is 1.12 bits per heavy atom. The zero-order chi connectivity index (χ0) is 23.6. The van der Waals surface area contributed by atoms with Crippen LogP contribution in [0.2, 0.25) is 0 Å². The lowest BCUT2D eigenvalue weighted by Crippen LogP contribution is -2.32. The fraction of sp³-hybridized carbons (Fsp3) is 0.286. The van der Waals surface area contributed by atoms with E-state index in [4.69, 9.17) is 9.47 Å². The highest BCUT2D eigenvalue weighted by atomic mass is 16.5. The number of rotatable bonds is 11. The van der Waals surface area contributed by atoms with Crippen molar-refractivity contribution < 1.29 is 14.3 Å². The smallest absolute Gasteiger partial charge is 0.251 e. The Bertz CT molecular complexity index is 1080. The van der Waals surface area contributed by atoms with E-state index in [1.54, 1.807) is 20.4 Å². The third kappa shape index (κ3) is 6.45. The molecule has 172 valence electrons. The molecule has 2 aromatic carbocycles. The van der Waals surface area contributed by atoms with Crippen molar-refractivity contribution in [2.45, 2.75) is 38.6 Å². The average molecular weight is 445 g/mol. The molecule has 1 aromatic heterocycles. The monoisotopic (exact) mass is 444 g/mol. The van der Waals surface area contributed by atoms with Crippen LogP contribution in [0.25, 0.3) is 11.1 Å². The number of carbonyl (C=O) groups is 1. The summed E-state index contributed by atoms with van der Waals surface area (Å²) in [4.78, 5) is 17.0. The first-order chi connectivity index (χ1) is 16.0. The van der Waals surface area contributed by atoms with Gasteiger partial charge in [0.1, 0.15) is 0 Å². The van der Waals surface area contributed by atoms with Gasteiger partial charge >= 0.3 is 0 Å². The number of hydrogen-bond acceptors (Lipinski definition) is 4. The predicted octanol–water partition coefficient (Wildman–Crippen LogP) is 5.64. The lowest BCUT2D eigenvalue weighted by atomic mass is 9.95. The number of pyridine rings is 1. The van der Waals surface area contributed by atoms with E-state index in [-0.39, 0.29) is 11.9 Å². The number of nitrogens with zero attached hydrogens (tertiary/aromatic N) is 1. The molecule has 1 unspecified atom stereocenters. The minimum atomic E-state index is -0.0620. The predicted molar refractivity (Wildman–Crippen MR) is 133 cm³/mol. The van der Waals surface area contributed by atoms with Gasteiger partial charge in [-0.25, -0.2) is 0 Å². The van der Waals surface area contributed by atoms with Crippen LogP contribution in [0.3, 0.4) is 0 Å². The molecule has 3 rings (SSSR count). The minimum Gasteiger partial charge on any atom is -0.493 e. The van der Waals surface area contributed by atoms with Crippen molar-refractivity contribution >= 4 is 5.91 Å². The van der Waals surface area contributed by atoms with Crippen LogP contribution in [-0.4, -0.2) is 31.2 Å². The zero-order valence-corrected chi connectivity index (χ0v) is 19.6. The van der Waals surface area contributed by atoms with Crippen LogP contribution in [0.15, 0.2) is 73.6 Å². The van der Waals surface area contributed by atoms with E-state index < -0.39 is 0 Å². The van der Waals surface area contributed by atoms with Crippen LogP contribution in [0.1, 0.15) is 41.3 Å². The number of carbonyl (C=O) groups excluding carboxylic acids is 1. The second-order valence-electron chi connectivity index (χ2n) is 8.06. The molecule has 0 aliphatic rings. The third-order valence-corrected chi connectivity index (χ3v) is 5.63. The lowest BCUT2D eigenvalue weighted by molar-refractivity contribution is 0.0938. The molecule has 0 aliphatic carbocycles. The molecule has 0 fully saturated rings. The molecule has 0 spiro atoms. The molecule has 5 nitrogen and oxygen atoms in total. The Morgan fingerprint density at radius 3 is 2.64 bits per heavy atom. The number of allylic oxidation sites excluding steroid dienone is 1. The molecule has 1 N–H and O–H groups in total. The molecule has 0 aliphatic heterocycles. The standard InChI is InChI=1S/C28H32N2O3/c1-5-8-22-17-24(12-14-25(22)23-13-15-26(32-3)27(18-23)33-4)28(31)30-20(2)9-6-10-21-11-7-16-29-19-21/h5,7,11-20H,1,6,8-10H2,2-4H3,(H,30,31). The van der Waals surface area contributed by atoms with Gasteiger partial charge in [-0.1, -0.05) is 24.3 Å². The Hall–Kier alpha value is -3.60. The van der Waals surface area contributed by atoms with Gasteiger partial charge in [-0.05, 0) is 85.2 Å². The summed E-state index contributed by atoms with van der Waals surface area (Å²) < 4.78 is 10.8. The molecule has 0 saturated heterocycles. The van der Waals surface area contributed by atoms with Gasteiger partial charge in [0.25, 0.3) is 5.91 Å². The van der Waals surface area contributed by atoms with Crippen LogP contribution < -0.4 is 14.8 Å². The van der Waals surface area contributed by atoms with Gasteiger partial charge < -0.3 is 14.8 Å². The average Bonchev–Trinajstić information content (AvgIpc) is 2.84. The van der Waals surface area contributed by atoms with Crippen molar-refractivity contribution in [3.63, 3.8) is 0 Å². The number of methoxy groups -OCH3 is 2. The summed E-state index contributed by atoms with van der Waals surface area (Å²) in [6, 6.07) is 15.8. The summed E-state index contributed by atoms with van der Waals surface area (Å²) in [5, 5.41) is 3.13. The summed E-state index contributed by atoms with van der Waals surface area (Å²) in [6.45, 7) is 5.93. The highest BCUT2D eigenvalue weighted by Gasteiger charge is 2.14. The van der Waals surface area contributed by atoms with Gasteiger partial charge in [0, 0.05) is 24.0 Å². The highest BCUT2D eigenvalue weighted by Crippen LogP contribution is 2.34. The molecule has 0 bridgehead atoms. The maximum Gasteiger partial charge on any atom is 0.251 e. The van der Waals surface area contributed by atoms with Crippen molar-refractivity contribution in [2.75, 3.05) is 14.2 Å². The SMILES string of the molecule is C=CCc1cc(C(=O)NC(C)CCCc2cccnc2)ccc1-c1ccc(OC)c(OC)c1. The van der Waals surface area contributed by atoms with E-state index in [1.165, 1.54) is 5.56 Å². The van der Waals surface area contributed by atoms with Crippen molar-refractivity contribution in [1.82, 2.24) is 10.3 Å². The van der Waals surface area contributed by atoms with Crippen molar-refractivity contribution in [2.24, 2.45) is 0 Å². The molecule has 3 aromatic rings. The molecule has 33 heavy (non-hydrogen) atoms. The molecule has 1 heterocycles. The summed E-state index contributed by atoms with van der Waals surface area (Å²) in [5.74, 6) is 1.29. The first-order valence-corrected chi connectivity index (χ1v) is 11.2. The molecule has 1 atom stereocenters. The van der Waals surface area contributed by atoms with Gasteiger partial charge in [-0.3, -0.25) is 9.78 Å². The van der Waals surface area contributed by atoms with E-state index in [0.717, 1.165) is 36.0 Å². The van der Waals surface area contributed by atoms with Crippen LogP contribution in [0.4, 0.5) is 0 Å². The topological polar surface area (TPSA) is 60.5 Å². The number of aromatic nitrogens is 1. The van der Waals surface area contributed by atoms with Gasteiger partial charge in [0.05, 0.1) is 14.2 Å². The summed E-state index contributed by atoms with van der Waals surface area (Å²) in [7, 11) is 3.24. The Labute approximate surface area is 196 Å². The summed E-state index contributed by atoms with van der Waals surface area (Å²) in [6.07, 6.45) is 9.04. The fourth-order valence-corrected chi connectivity index (χ4v) is 3.88. The van der Waals surface area contributed by atoms with Crippen molar-refractivity contribution in [1.29, 1.82) is 0 Å². The minimum absolute atomic E-state index is 0.0620. The molecular weight excluding hydrogens is 412 g/mol. The lowest BCUT2D eigenvalue weighted by Gasteiger charge is -2.16. The van der Waals surface area contributed by atoms with E-state index in [1.807, 2.05) is 61.7 Å². The van der Waals surface area contributed by atoms with E-state index >= 15 is 0 Å². The van der Waals surface area contributed by atoms with Gasteiger partial charge in [0.2, 0.25) is 0 Å². The normalized spacial score (nSPS) is 11.5. The second kappa shape index (κ2) is 11.9. The van der Waals surface area contributed by atoms with E-state index in [2.05, 4.69) is 22.9 Å². The van der Waals surface area contributed by atoms with Crippen molar-refractivity contribution in [3.8, 4) is 22.6 Å². The molecule has 5 heteroatoms. The first-order valence-electron chi connectivity index (χ1n) is 11.2.